The molecule has 2 rings (SSSR count). The Bertz CT molecular complexity index is 509. The Morgan fingerprint density at radius 3 is 2.62 bits per heavy atom. The van der Waals surface area contributed by atoms with E-state index in [1.54, 1.807) is 17.5 Å². The van der Waals surface area contributed by atoms with Crippen molar-refractivity contribution in [1.29, 1.82) is 0 Å². The highest BCUT2D eigenvalue weighted by Gasteiger charge is 2.43. The molecule has 0 aromatic carbocycles. The van der Waals surface area contributed by atoms with Crippen LogP contribution in [0.25, 0.3) is 0 Å². The van der Waals surface area contributed by atoms with Gasteiger partial charge in [0.25, 0.3) is 0 Å². The zero-order valence-corrected chi connectivity index (χ0v) is 13.9. The zero-order valence-electron chi connectivity index (χ0n) is 13.0. The molecule has 1 unspecified atom stereocenters. The number of nitrogens with zero attached hydrogens (tertiary/aromatic N) is 2. The van der Waals surface area contributed by atoms with E-state index in [4.69, 9.17) is 0 Å². The minimum Gasteiger partial charge on any atom is -0.294 e. The lowest BCUT2D eigenvalue weighted by molar-refractivity contribution is -0.141. The van der Waals surface area contributed by atoms with Gasteiger partial charge in [-0.2, -0.15) is 0 Å². The third-order valence-electron chi connectivity index (χ3n) is 3.99. The van der Waals surface area contributed by atoms with Gasteiger partial charge in [-0.05, 0) is 26.7 Å². The molecule has 0 spiro atoms. The number of aromatic nitrogens is 1. The molecule has 1 aliphatic rings. The van der Waals surface area contributed by atoms with Crippen LogP contribution in [0.2, 0.25) is 0 Å². The Labute approximate surface area is 129 Å². The Morgan fingerprint density at radius 2 is 2.10 bits per heavy atom. The Morgan fingerprint density at radius 1 is 1.43 bits per heavy atom. The Kier molecular flexibility index (Phi) is 4.78. The lowest BCUT2D eigenvalue weighted by Gasteiger charge is -2.28. The largest absolute Gasteiger partial charge is 0.294 e. The van der Waals surface area contributed by atoms with Crippen LogP contribution in [0.15, 0.2) is 11.6 Å². The molecule has 0 saturated carbocycles. The first-order valence-corrected chi connectivity index (χ1v) is 8.32. The van der Waals surface area contributed by atoms with Gasteiger partial charge in [-0.15, -0.1) is 11.3 Å². The SMILES string of the molecule is CCC(CC)N1C(=O)CC(NC(C)(C)c2nccs2)C1=O. The molecular formula is C15H23N3O2S. The number of hydrogen-bond donors (Lipinski definition) is 1. The summed E-state index contributed by atoms with van der Waals surface area (Å²) in [6.07, 6.45) is 3.60. The van der Waals surface area contributed by atoms with E-state index in [2.05, 4.69) is 10.3 Å². The van der Waals surface area contributed by atoms with Gasteiger partial charge < -0.3 is 0 Å². The van der Waals surface area contributed by atoms with Gasteiger partial charge in [0.05, 0.1) is 18.0 Å². The van der Waals surface area contributed by atoms with E-state index in [0.29, 0.717) is 0 Å². The van der Waals surface area contributed by atoms with Gasteiger partial charge in [0.1, 0.15) is 5.01 Å². The van der Waals surface area contributed by atoms with Crippen molar-refractivity contribution < 1.29 is 9.59 Å². The van der Waals surface area contributed by atoms with Crippen LogP contribution in [-0.2, 0) is 15.1 Å². The molecule has 21 heavy (non-hydrogen) atoms. The normalized spacial score (nSPS) is 19.9. The van der Waals surface area contributed by atoms with Crippen molar-refractivity contribution in [2.45, 2.75) is 64.6 Å². The third-order valence-corrected chi connectivity index (χ3v) is 5.09. The van der Waals surface area contributed by atoms with Gasteiger partial charge in [-0.1, -0.05) is 13.8 Å². The summed E-state index contributed by atoms with van der Waals surface area (Å²) in [4.78, 5) is 30.5. The van der Waals surface area contributed by atoms with Crippen molar-refractivity contribution in [2.75, 3.05) is 0 Å². The molecule has 1 aromatic rings. The maximum Gasteiger partial charge on any atom is 0.247 e. The van der Waals surface area contributed by atoms with Gasteiger partial charge in [0.2, 0.25) is 11.8 Å². The van der Waals surface area contributed by atoms with E-state index in [1.807, 2.05) is 33.1 Å². The molecule has 6 heteroatoms. The summed E-state index contributed by atoms with van der Waals surface area (Å²) in [7, 11) is 0. The standard InChI is InChI=1S/C15H23N3O2S/c1-5-10(6-2)18-12(19)9-11(13(18)20)17-15(3,4)14-16-7-8-21-14/h7-8,10-11,17H,5-6,9H2,1-4H3. The first-order chi connectivity index (χ1) is 9.90. The second-order valence-corrected chi connectivity index (χ2v) is 6.83. The molecule has 1 atom stereocenters. The molecule has 116 valence electrons. The molecule has 2 heterocycles. The van der Waals surface area contributed by atoms with Gasteiger partial charge in [0.15, 0.2) is 0 Å². The Balaban J connectivity index is 2.13. The second-order valence-electron chi connectivity index (χ2n) is 5.94. The molecule has 1 fully saturated rings. The number of imide groups is 1. The minimum absolute atomic E-state index is 0.0137. The molecule has 1 saturated heterocycles. The van der Waals surface area contributed by atoms with Crippen LogP contribution in [0.1, 0.15) is 52.0 Å². The first-order valence-electron chi connectivity index (χ1n) is 7.44. The second kappa shape index (κ2) is 6.23. The maximum atomic E-state index is 12.5. The van der Waals surface area contributed by atoms with Crippen LogP contribution in [0.5, 0.6) is 0 Å². The number of carbonyl (C=O) groups is 2. The van der Waals surface area contributed by atoms with Crippen molar-refractivity contribution in [2.24, 2.45) is 0 Å². The number of hydrogen-bond acceptors (Lipinski definition) is 5. The highest BCUT2D eigenvalue weighted by atomic mass is 32.1. The quantitative estimate of drug-likeness (QED) is 0.819. The van der Waals surface area contributed by atoms with Crippen LogP contribution >= 0.6 is 11.3 Å². The van der Waals surface area contributed by atoms with Crippen LogP contribution in [0.4, 0.5) is 0 Å². The van der Waals surface area contributed by atoms with E-state index < -0.39 is 11.6 Å². The molecule has 5 nitrogen and oxygen atoms in total. The lowest BCUT2D eigenvalue weighted by Crippen LogP contribution is -2.49. The summed E-state index contributed by atoms with van der Waals surface area (Å²) in [6.45, 7) is 8.00. The third kappa shape index (κ3) is 3.16. The molecule has 2 amide bonds. The summed E-state index contributed by atoms with van der Waals surface area (Å²) in [6, 6.07) is -0.434. The average Bonchev–Trinajstić information content (AvgIpc) is 3.04. The number of nitrogens with one attached hydrogen (secondary N) is 1. The smallest absolute Gasteiger partial charge is 0.247 e. The number of likely N-dealkylation sites (tertiary alicyclic amines) is 1. The monoisotopic (exact) mass is 309 g/mol. The van der Waals surface area contributed by atoms with E-state index >= 15 is 0 Å². The Hall–Kier alpha value is -1.27. The van der Waals surface area contributed by atoms with Crippen LogP contribution < -0.4 is 5.32 Å². The maximum absolute atomic E-state index is 12.5. The topological polar surface area (TPSA) is 62.3 Å². The van der Waals surface area contributed by atoms with E-state index in [0.717, 1.165) is 17.8 Å². The van der Waals surface area contributed by atoms with Crippen LogP contribution in [0, 0.1) is 0 Å². The number of thiazole rings is 1. The summed E-state index contributed by atoms with van der Waals surface area (Å²) in [5, 5.41) is 6.14. The molecule has 1 aliphatic heterocycles. The summed E-state index contributed by atoms with van der Waals surface area (Å²) in [5.41, 5.74) is -0.418. The predicted molar refractivity (Wildman–Crippen MR) is 82.9 cm³/mol. The first kappa shape index (κ1) is 16.1. The molecule has 0 bridgehead atoms. The number of rotatable bonds is 6. The zero-order chi connectivity index (χ0) is 15.6. The fourth-order valence-electron chi connectivity index (χ4n) is 2.83. The highest BCUT2D eigenvalue weighted by Crippen LogP contribution is 2.27. The molecule has 0 aliphatic carbocycles. The highest BCUT2D eigenvalue weighted by molar-refractivity contribution is 7.09. The molecule has 1 N–H and O–H groups in total. The molecular weight excluding hydrogens is 286 g/mol. The van der Waals surface area contributed by atoms with Crippen molar-refractivity contribution in [3.05, 3.63) is 16.6 Å². The summed E-state index contributed by atoms with van der Waals surface area (Å²) in [5.74, 6) is -0.167. The fourth-order valence-corrected chi connectivity index (χ4v) is 3.56. The number of carbonyl (C=O) groups excluding carboxylic acids is 2. The number of amides is 2. The van der Waals surface area contributed by atoms with E-state index in [9.17, 15) is 9.59 Å². The average molecular weight is 309 g/mol. The predicted octanol–water partition coefficient (Wildman–Crippen LogP) is 2.28. The van der Waals surface area contributed by atoms with Crippen molar-refractivity contribution in [1.82, 2.24) is 15.2 Å². The van der Waals surface area contributed by atoms with E-state index in [-0.39, 0.29) is 24.3 Å². The van der Waals surface area contributed by atoms with Crippen molar-refractivity contribution in [3.8, 4) is 0 Å². The molecule has 0 radical (unpaired) electrons. The van der Waals surface area contributed by atoms with Gasteiger partial charge in [-0.25, -0.2) is 4.98 Å². The van der Waals surface area contributed by atoms with Crippen molar-refractivity contribution >= 4 is 23.2 Å². The van der Waals surface area contributed by atoms with Gasteiger partial charge in [0, 0.05) is 17.6 Å². The molecule has 1 aromatic heterocycles. The van der Waals surface area contributed by atoms with Gasteiger partial charge in [-0.3, -0.25) is 19.8 Å². The minimum atomic E-state index is -0.447. The van der Waals surface area contributed by atoms with Crippen LogP contribution in [0.3, 0.4) is 0 Å². The van der Waals surface area contributed by atoms with Gasteiger partial charge >= 0.3 is 0 Å². The lowest BCUT2D eigenvalue weighted by atomic mass is 10.0. The summed E-state index contributed by atoms with van der Waals surface area (Å²) < 4.78 is 0. The van der Waals surface area contributed by atoms with Crippen molar-refractivity contribution in [3.63, 3.8) is 0 Å². The van der Waals surface area contributed by atoms with Crippen LogP contribution in [-0.4, -0.2) is 33.8 Å². The summed E-state index contributed by atoms with van der Waals surface area (Å²) >= 11 is 1.55. The fraction of sp³-hybridized carbons (Fsp3) is 0.667. The van der Waals surface area contributed by atoms with E-state index in [1.165, 1.54) is 4.90 Å².